The van der Waals surface area contributed by atoms with Crippen LogP contribution < -0.4 is 0 Å². The molecule has 1 N–H and O–H groups in total. The number of benzene rings is 3. The molecule has 0 radical (unpaired) electrons. The minimum absolute atomic E-state index is 0.257. The minimum atomic E-state index is -1.07. The normalized spacial score (nSPS) is 23.8. The molecular formula is C29H32O7. The fourth-order valence-electron chi connectivity index (χ4n) is 4.15. The Balaban J connectivity index is 1.60. The Labute approximate surface area is 211 Å². The van der Waals surface area contributed by atoms with Crippen LogP contribution in [-0.4, -0.2) is 48.4 Å². The number of hydrogen-bond donors (Lipinski definition) is 1. The summed E-state index contributed by atoms with van der Waals surface area (Å²) in [6, 6.07) is 29.2. The van der Waals surface area contributed by atoms with Gasteiger partial charge in [-0.15, -0.1) is 0 Å². The highest BCUT2D eigenvalue weighted by molar-refractivity contribution is 5.66. The van der Waals surface area contributed by atoms with E-state index in [2.05, 4.69) is 0 Å². The molecule has 1 saturated heterocycles. The van der Waals surface area contributed by atoms with E-state index in [1.807, 2.05) is 91.0 Å². The van der Waals surface area contributed by atoms with E-state index in [0.717, 1.165) is 16.7 Å². The maximum Gasteiger partial charge on any atom is 0.305 e. The molecule has 1 aliphatic heterocycles. The second-order valence-electron chi connectivity index (χ2n) is 8.62. The maximum atomic E-state index is 11.9. The van der Waals surface area contributed by atoms with E-state index in [1.54, 1.807) is 0 Å². The average Bonchev–Trinajstić information content (AvgIpc) is 2.91. The van der Waals surface area contributed by atoms with Crippen molar-refractivity contribution in [2.24, 2.45) is 0 Å². The lowest BCUT2D eigenvalue weighted by atomic mass is 9.98. The van der Waals surface area contributed by atoms with Crippen LogP contribution in [0.25, 0.3) is 0 Å². The Morgan fingerprint density at radius 2 is 1.11 bits per heavy atom. The summed E-state index contributed by atoms with van der Waals surface area (Å²) in [6.07, 6.45) is -4.00. The Morgan fingerprint density at radius 1 is 0.694 bits per heavy atom. The van der Waals surface area contributed by atoms with Crippen LogP contribution >= 0.6 is 0 Å². The topological polar surface area (TPSA) is 83.5 Å². The van der Waals surface area contributed by atoms with Gasteiger partial charge in [-0.2, -0.15) is 0 Å². The second kappa shape index (κ2) is 13.3. The quantitative estimate of drug-likeness (QED) is 0.405. The number of esters is 1. The molecule has 0 bridgehead atoms. The molecule has 4 rings (SSSR count). The Bertz CT molecular complexity index is 1040. The van der Waals surface area contributed by atoms with Gasteiger partial charge in [0.15, 0.2) is 0 Å². The number of rotatable bonds is 11. The third-order valence-corrected chi connectivity index (χ3v) is 5.91. The van der Waals surface area contributed by atoms with E-state index < -0.39 is 36.7 Å². The maximum absolute atomic E-state index is 11.9. The number of aliphatic hydroxyl groups is 1. The molecule has 0 spiro atoms. The van der Waals surface area contributed by atoms with Gasteiger partial charge < -0.3 is 28.8 Å². The summed E-state index contributed by atoms with van der Waals surface area (Å²) in [5.74, 6) is -0.518. The zero-order valence-corrected chi connectivity index (χ0v) is 20.3. The molecule has 7 heteroatoms. The van der Waals surface area contributed by atoms with Gasteiger partial charge in [-0.3, -0.25) is 4.79 Å². The largest absolute Gasteiger partial charge is 0.433 e. The van der Waals surface area contributed by atoms with Crippen LogP contribution in [0.2, 0.25) is 0 Å². The summed E-state index contributed by atoms with van der Waals surface area (Å²) in [4.78, 5) is 11.9. The average molecular weight is 493 g/mol. The zero-order valence-electron chi connectivity index (χ0n) is 20.3. The predicted octanol–water partition coefficient (Wildman–Crippen LogP) is 4.02. The van der Waals surface area contributed by atoms with Gasteiger partial charge in [0.2, 0.25) is 6.29 Å². The van der Waals surface area contributed by atoms with Crippen molar-refractivity contribution in [3.8, 4) is 0 Å². The van der Waals surface area contributed by atoms with E-state index in [4.69, 9.17) is 23.7 Å². The van der Waals surface area contributed by atoms with Crippen LogP contribution in [0.15, 0.2) is 91.0 Å². The molecule has 3 aromatic carbocycles. The van der Waals surface area contributed by atoms with Crippen molar-refractivity contribution < 1.29 is 33.6 Å². The molecule has 1 heterocycles. The molecule has 0 amide bonds. The first-order chi connectivity index (χ1) is 17.6. The molecule has 5 atom stereocenters. The van der Waals surface area contributed by atoms with E-state index in [9.17, 15) is 9.90 Å². The number of aliphatic hydroxyl groups excluding tert-OH is 1. The van der Waals surface area contributed by atoms with E-state index in [-0.39, 0.29) is 19.8 Å². The first-order valence-corrected chi connectivity index (χ1v) is 12.0. The summed E-state index contributed by atoms with van der Waals surface area (Å²) in [5, 5.41) is 10.2. The molecule has 1 fully saturated rings. The molecule has 190 valence electrons. The number of hydrogen-bond acceptors (Lipinski definition) is 7. The predicted molar refractivity (Wildman–Crippen MR) is 133 cm³/mol. The zero-order chi connectivity index (χ0) is 25.2. The van der Waals surface area contributed by atoms with Crippen molar-refractivity contribution >= 4 is 5.97 Å². The van der Waals surface area contributed by atoms with E-state index in [1.165, 1.54) is 6.92 Å². The summed E-state index contributed by atoms with van der Waals surface area (Å²) in [7, 11) is 0. The molecule has 0 saturated carbocycles. The molecule has 7 nitrogen and oxygen atoms in total. The Morgan fingerprint density at radius 3 is 1.53 bits per heavy atom. The number of carbonyl (C=O) groups is 1. The summed E-state index contributed by atoms with van der Waals surface area (Å²) >= 11 is 0. The molecule has 1 aliphatic rings. The molecule has 3 unspecified atom stereocenters. The third kappa shape index (κ3) is 7.22. The van der Waals surface area contributed by atoms with Crippen LogP contribution in [0, 0.1) is 0 Å². The summed E-state index contributed by atoms with van der Waals surface area (Å²) in [5.41, 5.74) is 2.89. The van der Waals surface area contributed by atoms with Crippen LogP contribution in [0.5, 0.6) is 0 Å². The van der Waals surface area contributed by atoms with Gasteiger partial charge in [0.1, 0.15) is 24.4 Å². The molecule has 3 aromatic rings. The van der Waals surface area contributed by atoms with Crippen molar-refractivity contribution in [3.63, 3.8) is 0 Å². The lowest BCUT2D eigenvalue weighted by molar-refractivity contribution is -0.318. The standard InChI is InChI=1S/C29H32O7/c1-21(31)35-29-28(34-20-24-15-9-4-10-16-24)27(33-19-23-13-7-3-8-14-23)26(25(17-30)36-29)32-18-22-11-5-2-6-12-22/h2-16,25-30H,17-20H2,1H3/t25?,26-,27-,28?,29?/m0/s1. The lowest BCUT2D eigenvalue weighted by Gasteiger charge is -2.45. The highest BCUT2D eigenvalue weighted by atomic mass is 16.7. The fourth-order valence-corrected chi connectivity index (χ4v) is 4.15. The SMILES string of the molecule is CC(=O)OC1OC(CO)[C@H](OCc2ccccc2)[C@H](OCc2ccccc2)C1OCc1ccccc1. The van der Waals surface area contributed by atoms with Gasteiger partial charge in [-0.25, -0.2) is 0 Å². The fraction of sp³-hybridized carbons (Fsp3) is 0.345. The first kappa shape index (κ1) is 26.0. The smallest absolute Gasteiger partial charge is 0.305 e. The molecular weight excluding hydrogens is 460 g/mol. The Kier molecular flexibility index (Phi) is 9.61. The van der Waals surface area contributed by atoms with Crippen molar-refractivity contribution in [1.29, 1.82) is 0 Å². The summed E-state index contributed by atoms with van der Waals surface area (Å²) in [6.45, 7) is 1.80. The van der Waals surface area contributed by atoms with Crippen molar-refractivity contribution in [2.45, 2.75) is 57.5 Å². The molecule has 0 aliphatic carbocycles. The monoisotopic (exact) mass is 492 g/mol. The van der Waals surface area contributed by atoms with Gasteiger partial charge in [-0.05, 0) is 16.7 Å². The van der Waals surface area contributed by atoms with Gasteiger partial charge in [0.05, 0.1) is 26.4 Å². The van der Waals surface area contributed by atoms with Gasteiger partial charge in [0, 0.05) is 6.92 Å². The highest BCUT2D eigenvalue weighted by Gasteiger charge is 2.49. The van der Waals surface area contributed by atoms with Crippen molar-refractivity contribution in [2.75, 3.05) is 6.61 Å². The van der Waals surface area contributed by atoms with Gasteiger partial charge in [-0.1, -0.05) is 91.0 Å². The van der Waals surface area contributed by atoms with E-state index >= 15 is 0 Å². The number of carbonyl (C=O) groups excluding carboxylic acids is 1. The third-order valence-electron chi connectivity index (χ3n) is 5.91. The summed E-state index contributed by atoms with van der Waals surface area (Å²) < 4.78 is 30.4. The van der Waals surface area contributed by atoms with Crippen LogP contribution in [0.4, 0.5) is 0 Å². The van der Waals surface area contributed by atoms with Crippen molar-refractivity contribution in [3.05, 3.63) is 108 Å². The lowest BCUT2D eigenvalue weighted by Crippen LogP contribution is -2.61. The van der Waals surface area contributed by atoms with Crippen LogP contribution in [0.1, 0.15) is 23.6 Å². The van der Waals surface area contributed by atoms with Gasteiger partial charge in [0.25, 0.3) is 0 Å². The first-order valence-electron chi connectivity index (χ1n) is 12.0. The Hall–Kier alpha value is -3.07. The van der Waals surface area contributed by atoms with Crippen molar-refractivity contribution in [1.82, 2.24) is 0 Å². The van der Waals surface area contributed by atoms with Crippen LogP contribution in [0.3, 0.4) is 0 Å². The minimum Gasteiger partial charge on any atom is -0.433 e. The van der Waals surface area contributed by atoms with E-state index in [0.29, 0.717) is 6.61 Å². The highest BCUT2D eigenvalue weighted by Crippen LogP contribution is 2.31. The molecule has 36 heavy (non-hydrogen) atoms. The van der Waals surface area contributed by atoms with Gasteiger partial charge >= 0.3 is 5.97 Å². The molecule has 0 aromatic heterocycles. The second-order valence-corrected chi connectivity index (χ2v) is 8.62. The number of ether oxygens (including phenoxy) is 5. The van der Waals surface area contributed by atoms with Crippen LogP contribution in [-0.2, 0) is 48.3 Å².